The fourth-order valence-electron chi connectivity index (χ4n) is 3.37. The van der Waals surface area contributed by atoms with E-state index in [9.17, 15) is 13.6 Å². The number of amides is 1. The first-order valence-corrected chi connectivity index (χ1v) is 9.71. The van der Waals surface area contributed by atoms with Crippen LogP contribution in [0.1, 0.15) is 29.3 Å². The van der Waals surface area contributed by atoms with Gasteiger partial charge in [0.1, 0.15) is 0 Å². The van der Waals surface area contributed by atoms with Crippen molar-refractivity contribution in [3.63, 3.8) is 0 Å². The highest BCUT2D eigenvalue weighted by Crippen LogP contribution is 2.27. The molecule has 0 saturated heterocycles. The number of carbonyl (C=O) groups excluding carboxylic acids is 1. The van der Waals surface area contributed by atoms with Gasteiger partial charge >= 0.3 is 0 Å². The Kier molecular flexibility index (Phi) is 6.07. The van der Waals surface area contributed by atoms with E-state index in [0.29, 0.717) is 5.82 Å². The van der Waals surface area contributed by atoms with Gasteiger partial charge in [-0.15, -0.1) is 5.10 Å². The number of halogens is 2. The van der Waals surface area contributed by atoms with Crippen molar-refractivity contribution >= 4 is 5.91 Å². The fourth-order valence-corrected chi connectivity index (χ4v) is 3.37. The first kappa shape index (κ1) is 20.3. The number of nitrogens with one attached hydrogen (secondary N) is 1. The zero-order valence-electron chi connectivity index (χ0n) is 16.5. The van der Waals surface area contributed by atoms with E-state index < -0.39 is 11.6 Å². The second-order valence-corrected chi connectivity index (χ2v) is 6.96. The van der Waals surface area contributed by atoms with Crippen LogP contribution in [0.2, 0.25) is 0 Å². The SMILES string of the molecule is O=C(CC(c1ccccc1)c1ccccc1)NCc1nnnn1-c1ccc(F)c(F)c1. The third kappa shape index (κ3) is 4.80. The maximum absolute atomic E-state index is 13.6. The Morgan fingerprint density at radius 3 is 2.16 bits per heavy atom. The van der Waals surface area contributed by atoms with Gasteiger partial charge < -0.3 is 5.32 Å². The van der Waals surface area contributed by atoms with E-state index in [4.69, 9.17) is 0 Å². The van der Waals surface area contributed by atoms with Gasteiger partial charge in [-0.1, -0.05) is 60.7 Å². The number of rotatable bonds is 7. The average Bonchev–Trinajstić information content (AvgIpc) is 3.28. The van der Waals surface area contributed by atoms with Crippen LogP contribution in [-0.4, -0.2) is 26.1 Å². The van der Waals surface area contributed by atoms with E-state index in [2.05, 4.69) is 20.8 Å². The van der Waals surface area contributed by atoms with Crippen LogP contribution >= 0.6 is 0 Å². The van der Waals surface area contributed by atoms with Crippen molar-refractivity contribution in [3.05, 3.63) is 107 Å². The number of tetrazole rings is 1. The molecule has 0 aliphatic heterocycles. The predicted molar refractivity (Wildman–Crippen MR) is 110 cm³/mol. The Bertz CT molecular complexity index is 1130. The Morgan fingerprint density at radius 2 is 1.55 bits per heavy atom. The van der Waals surface area contributed by atoms with E-state index in [-0.39, 0.29) is 30.5 Å². The van der Waals surface area contributed by atoms with Crippen LogP contribution in [0.5, 0.6) is 0 Å². The number of hydrogen-bond acceptors (Lipinski definition) is 4. The highest BCUT2D eigenvalue weighted by atomic mass is 19.2. The summed E-state index contributed by atoms with van der Waals surface area (Å²) in [5.74, 6) is -1.95. The molecule has 0 spiro atoms. The van der Waals surface area contributed by atoms with Crippen molar-refractivity contribution in [2.75, 3.05) is 0 Å². The molecule has 1 aromatic heterocycles. The van der Waals surface area contributed by atoms with Crippen LogP contribution in [-0.2, 0) is 11.3 Å². The third-order valence-electron chi connectivity index (χ3n) is 4.92. The van der Waals surface area contributed by atoms with Crippen molar-refractivity contribution in [1.82, 2.24) is 25.5 Å². The number of carbonyl (C=O) groups is 1. The summed E-state index contributed by atoms with van der Waals surface area (Å²) in [4.78, 5) is 12.7. The maximum atomic E-state index is 13.6. The highest BCUT2D eigenvalue weighted by Gasteiger charge is 2.19. The lowest BCUT2D eigenvalue weighted by atomic mass is 9.88. The Hall–Kier alpha value is -3.94. The first-order chi connectivity index (χ1) is 15.1. The zero-order valence-corrected chi connectivity index (χ0v) is 16.5. The zero-order chi connectivity index (χ0) is 21.6. The molecule has 0 aliphatic carbocycles. The molecule has 4 aromatic rings. The fraction of sp³-hybridized carbons (Fsp3) is 0.130. The van der Waals surface area contributed by atoms with Gasteiger partial charge in [0.05, 0.1) is 12.2 Å². The summed E-state index contributed by atoms with van der Waals surface area (Å²) in [5, 5.41) is 14.1. The minimum Gasteiger partial charge on any atom is -0.349 e. The van der Waals surface area contributed by atoms with Crippen molar-refractivity contribution in [2.45, 2.75) is 18.9 Å². The van der Waals surface area contributed by atoms with Gasteiger partial charge in [0.2, 0.25) is 5.91 Å². The normalized spacial score (nSPS) is 10.9. The molecule has 156 valence electrons. The predicted octanol–water partition coefficient (Wildman–Crippen LogP) is 3.78. The van der Waals surface area contributed by atoms with Gasteiger partial charge in [-0.05, 0) is 33.7 Å². The summed E-state index contributed by atoms with van der Waals surface area (Å²) in [6.07, 6.45) is 0.237. The minimum absolute atomic E-state index is 0.0428. The molecule has 0 aliphatic rings. The number of aromatic nitrogens is 4. The van der Waals surface area contributed by atoms with Crippen LogP contribution in [0.3, 0.4) is 0 Å². The van der Waals surface area contributed by atoms with Gasteiger partial charge in [0.25, 0.3) is 0 Å². The Labute approximate surface area is 177 Å². The molecule has 3 aromatic carbocycles. The molecule has 8 heteroatoms. The second-order valence-electron chi connectivity index (χ2n) is 6.96. The smallest absolute Gasteiger partial charge is 0.221 e. The standard InChI is InChI=1S/C23H19F2N5O/c24-20-12-11-18(13-21(20)25)30-22(27-28-29-30)15-26-23(31)14-19(16-7-3-1-4-8-16)17-9-5-2-6-10-17/h1-13,19H,14-15H2,(H,26,31). The minimum atomic E-state index is -1.00. The summed E-state index contributed by atoms with van der Waals surface area (Å²) >= 11 is 0. The van der Waals surface area contributed by atoms with Gasteiger partial charge in [0.15, 0.2) is 17.5 Å². The quantitative estimate of drug-likeness (QED) is 0.495. The Morgan fingerprint density at radius 1 is 0.903 bits per heavy atom. The lowest BCUT2D eigenvalue weighted by Crippen LogP contribution is -2.26. The first-order valence-electron chi connectivity index (χ1n) is 9.71. The van der Waals surface area contributed by atoms with E-state index in [1.807, 2.05) is 60.7 Å². The monoisotopic (exact) mass is 419 g/mol. The average molecular weight is 419 g/mol. The van der Waals surface area contributed by atoms with Gasteiger partial charge in [-0.25, -0.2) is 8.78 Å². The van der Waals surface area contributed by atoms with Crippen molar-refractivity contribution in [1.29, 1.82) is 0 Å². The molecule has 0 saturated carbocycles. The summed E-state index contributed by atoms with van der Waals surface area (Å²) < 4.78 is 28.0. The molecule has 0 bridgehead atoms. The van der Waals surface area contributed by atoms with E-state index in [1.165, 1.54) is 10.7 Å². The highest BCUT2D eigenvalue weighted by molar-refractivity contribution is 5.77. The summed E-state index contributed by atoms with van der Waals surface area (Å²) in [5.41, 5.74) is 2.34. The molecule has 6 nitrogen and oxygen atoms in total. The second kappa shape index (κ2) is 9.25. The molecule has 0 radical (unpaired) electrons. The van der Waals surface area contributed by atoms with Crippen LogP contribution in [0.25, 0.3) is 5.69 Å². The molecule has 0 atom stereocenters. The molecule has 0 unspecified atom stereocenters. The number of benzene rings is 3. The molecule has 0 fully saturated rings. The summed E-state index contributed by atoms with van der Waals surface area (Å²) in [6, 6.07) is 23.0. The largest absolute Gasteiger partial charge is 0.349 e. The molecular formula is C23H19F2N5O. The molecular weight excluding hydrogens is 400 g/mol. The van der Waals surface area contributed by atoms with Crippen molar-refractivity contribution < 1.29 is 13.6 Å². The topological polar surface area (TPSA) is 72.7 Å². The summed E-state index contributed by atoms with van der Waals surface area (Å²) in [6.45, 7) is 0.0428. The van der Waals surface area contributed by atoms with Gasteiger partial charge in [-0.3, -0.25) is 4.79 Å². The van der Waals surface area contributed by atoms with Crippen molar-refractivity contribution in [2.24, 2.45) is 0 Å². The van der Waals surface area contributed by atoms with E-state index in [1.54, 1.807) is 0 Å². The maximum Gasteiger partial charge on any atom is 0.221 e. The van der Waals surface area contributed by atoms with Crippen LogP contribution in [0, 0.1) is 11.6 Å². The molecule has 1 N–H and O–H groups in total. The van der Waals surface area contributed by atoms with Gasteiger partial charge in [0, 0.05) is 18.4 Å². The van der Waals surface area contributed by atoms with Crippen molar-refractivity contribution in [3.8, 4) is 5.69 Å². The van der Waals surface area contributed by atoms with E-state index >= 15 is 0 Å². The number of hydrogen-bond donors (Lipinski definition) is 1. The van der Waals surface area contributed by atoms with Crippen LogP contribution < -0.4 is 5.32 Å². The lowest BCUT2D eigenvalue weighted by Gasteiger charge is -2.18. The molecule has 1 amide bonds. The van der Waals surface area contributed by atoms with Crippen LogP contribution in [0.15, 0.2) is 78.9 Å². The third-order valence-corrected chi connectivity index (χ3v) is 4.92. The molecule has 4 rings (SSSR count). The summed E-state index contributed by atoms with van der Waals surface area (Å²) in [7, 11) is 0. The van der Waals surface area contributed by atoms with Gasteiger partial charge in [-0.2, -0.15) is 4.68 Å². The number of nitrogens with zero attached hydrogens (tertiary/aromatic N) is 4. The molecule has 1 heterocycles. The lowest BCUT2D eigenvalue weighted by molar-refractivity contribution is -0.121. The van der Waals surface area contributed by atoms with E-state index in [0.717, 1.165) is 23.3 Å². The molecule has 31 heavy (non-hydrogen) atoms. The Balaban J connectivity index is 1.48. The van der Waals surface area contributed by atoms with Crippen LogP contribution in [0.4, 0.5) is 8.78 Å².